The first-order chi connectivity index (χ1) is 9.69. The van der Waals surface area contributed by atoms with Crippen LogP contribution in [0.25, 0.3) is 0 Å². The Morgan fingerprint density at radius 3 is 2.90 bits per heavy atom. The van der Waals surface area contributed by atoms with E-state index in [1.807, 2.05) is 48.1 Å². The molecule has 2 aromatic rings. The second-order valence-corrected chi connectivity index (χ2v) is 5.36. The zero-order valence-corrected chi connectivity index (χ0v) is 12.5. The van der Waals surface area contributed by atoms with Gasteiger partial charge in [-0.3, -0.25) is 0 Å². The van der Waals surface area contributed by atoms with Crippen LogP contribution in [0.2, 0.25) is 0 Å². The molecule has 4 nitrogen and oxygen atoms in total. The van der Waals surface area contributed by atoms with Crippen molar-refractivity contribution in [2.24, 2.45) is 0 Å². The minimum Gasteiger partial charge on any atom is -0.334 e. The number of carbonyl (C=O) groups excluding carboxylic acids is 1. The third kappa shape index (κ3) is 4.08. The molecule has 1 unspecified atom stereocenters. The highest BCUT2D eigenvalue weighted by Gasteiger charge is 2.05. The Kier molecular flexibility index (Phi) is 5.15. The Balaban J connectivity index is 1.90. The lowest BCUT2D eigenvalue weighted by Crippen LogP contribution is -2.28. The van der Waals surface area contributed by atoms with Crippen molar-refractivity contribution in [3.63, 3.8) is 0 Å². The van der Waals surface area contributed by atoms with Crippen LogP contribution in [0.4, 0.5) is 10.5 Å². The minimum atomic E-state index is -0.189. The van der Waals surface area contributed by atoms with Gasteiger partial charge in [-0.25, -0.2) is 4.79 Å². The van der Waals surface area contributed by atoms with Gasteiger partial charge in [0.15, 0.2) is 0 Å². The predicted octanol–water partition coefficient (Wildman–Crippen LogP) is 3.35. The Labute approximate surface area is 123 Å². The molecule has 3 N–H and O–H groups in total. The number of nitrogens with one attached hydrogen (secondary N) is 3. The summed E-state index contributed by atoms with van der Waals surface area (Å²) in [5, 5.41) is 12.9. The van der Waals surface area contributed by atoms with Gasteiger partial charge in [0, 0.05) is 18.3 Å². The highest BCUT2D eigenvalue weighted by atomic mass is 32.1. The molecule has 20 heavy (non-hydrogen) atoms. The van der Waals surface area contributed by atoms with Crippen LogP contribution < -0.4 is 16.0 Å². The number of amides is 2. The zero-order valence-electron chi connectivity index (χ0n) is 11.6. The molecule has 0 saturated heterocycles. The third-order valence-electron chi connectivity index (χ3n) is 3.11. The van der Waals surface area contributed by atoms with Crippen molar-refractivity contribution in [1.29, 1.82) is 0 Å². The molecule has 0 bridgehead atoms. The fraction of sp³-hybridized carbons (Fsp3) is 0.267. The van der Waals surface area contributed by atoms with Gasteiger partial charge >= 0.3 is 6.03 Å². The summed E-state index contributed by atoms with van der Waals surface area (Å²) in [5.74, 6) is 0. The minimum absolute atomic E-state index is 0.189. The lowest BCUT2D eigenvalue weighted by atomic mass is 10.1. The lowest BCUT2D eigenvalue weighted by molar-refractivity contribution is 0.252. The molecule has 106 valence electrons. The summed E-state index contributed by atoms with van der Waals surface area (Å²) >= 11 is 1.62. The molecule has 1 heterocycles. The summed E-state index contributed by atoms with van der Waals surface area (Å²) in [4.78, 5) is 11.8. The van der Waals surface area contributed by atoms with Gasteiger partial charge < -0.3 is 16.0 Å². The van der Waals surface area contributed by atoms with Gasteiger partial charge in [0.25, 0.3) is 0 Å². The highest BCUT2D eigenvalue weighted by Crippen LogP contribution is 2.16. The third-order valence-corrected chi connectivity index (χ3v) is 3.84. The number of rotatable bonds is 5. The number of hydrogen-bond donors (Lipinski definition) is 3. The van der Waals surface area contributed by atoms with Gasteiger partial charge in [-0.2, -0.15) is 11.3 Å². The van der Waals surface area contributed by atoms with E-state index < -0.39 is 0 Å². The highest BCUT2D eigenvalue weighted by molar-refractivity contribution is 7.07. The maximum atomic E-state index is 11.8. The summed E-state index contributed by atoms with van der Waals surface area (Å²) < 4.78 is 0. The Morgan fingerprint density at radius 2 is 2.20 bits per heavy atom. The summed E-state index contributed by atoms with van der Waals surface area (Å²) in [7, 11) is 1.92. The predicted molar refractivity (Wildman–Crippen MR) is 84.1 cm³/mol. The van der Waals surface area contributed by atoms with E-state index in [1.54, 1.807) is 11.3 Å². The van der Waals surface area contributed by atoms with Crippen LogP contribution in [-0.4, -0.2) is 13.1 Å². The van der Waals surface area contributed by atoms with E-state index in [0.29, 0.717) is 6.54 Å². The van der Waals surface area contributed by atoms with E-state index in [1.165, 1.54) is 0 Å². The quantitative estimate of drug-likeness (QED) is 0.790. The van der Waals surface area contributed by atoms with Gasteiger partial charge in [0.2, 0.25) is 0 Å². The van der Waals surface area contributed by atoms with E-state index in [4.69, 9.17) is 0 Å². The summed E-state index contributed by atoms with van der Waals surface area (Å²) in [5.41, 5.74) is 3.05. The Hall–Kier alpha value is -1.85. The molecule has 0 aliphatic heterocycles. The normalized spacial score (nSPS) is 11.9. The van der Waals surface area contributed by atoms with E-state index in [0.717, 1.165) is 16.8 Å². The molecule has 0 fully saturated rings. The Morgan fingerprint density at radius 1 is 1.35 bits per heavy atom. The number of urea groups is 1. The average Bonchev–Trinajstić information content (AvgIpc) is 2.98. The second-order valence-electron chi connectivity index (χ2n) is 4.58. The van der Waals surface area contributed by atoms with Gasteiger partial charge in [0.05, 0.1) is 0 Å². The molecular formula is C15H19N3OS. The van der Waals surface area contributed by atoms with E-state index in [2.05, 4.69) is 22.9 Å². The number of anilines is 1. The summed E-state index contributed by atoms with van der Waals surface area (Å²) in [6, 6.07) is 9.91. The van der Waals surface area contributed by atoms with Crippen molar-refractivity contribution in [3.05, 3.63) is 52.2 Å². The molecule has 5 heteroatoms. The van der Waals surface area contributed by atoms with Crippen molar-refractivity contribution in [1.82, 2.24) is 10.6 Å². The standard InChI is InChI=1S/C15H19N3OS/c1-11(16-2)13-4-3-5-14(8-13)18-15(19)17-9-12-6-7-20-10-12/h3-8,10-11,16H,9H2,1-2H3,(H2,17,18,19). The van der Waals surface area contributed by atoms with Crippen LogP contribution >= 0.6 is 11.3 Å². The number of thiophene rings is 1. The molecular weight excluding hydrogens is 270 g/mol. The smallest absolute Gasteiger partial charge is 0.319 e. The second kappa shape index (κ2) is 7.07. The van der Waals surface area contributed by atoms with Crippen LogP contribution in [0.5, 0.6) is 0 Å². The molecule has 1 aromatic carbocycles. The van der Waals surface area contributed by atoms with Crippen LogP contribution in [0.15, 0.2) is 41.1 Å². The average molecular weight is 289 g/mol. The van der Waals surface area contributed by atoms with Gasteiger partial charge in [0.1, 0.15) is 0 Å². The lowest BCUT2D eigenvalue weighted by Gasteiger charge is -2.13. The number of carbonyl (C=O) groups is 1. The SMILES string of the molecule is CNC(C)c1cccc(NC(=O)NCc2ccsc2)c1. The van der Waals surface area contributed by atoms with Gasteiger partial charge in [-0.05, 0) is 54.1 Å². The number of hydrogen-bond acceptors (Lipinski definition) is 3. The van der Waals surface area contributed by atoms with Crippen LogP contribution in [0.3, 0.4) is 0 Å². The molecule has 1 aromatic heterocycles. The first kappa shape index (κ1) is 14.6. The van der Waals surface area contributed by atoms with Crippen molar-refractivity contribution in [3.8, 4) is 0 Å². The van der Waals surface area contributed by atoms with E-state index >= 15 is 0 Å². The van der Waals surface area contributed by atoms with Gasteiger partial charge in [-0.1, -0.05) is 12.1 Å². The van der Waals surface area contributed by atoms with Crippen LogP contribution in [0.1, 0.15) is 24.1 Å². The molecule has 0 spiro atoms. The van der Waals surface area contributed by atoms with E-state index in [9.17, 15) is 4.79 Å². The molecule has 0 radical (unpaired) electrons. The first-order valence-corrected chi connectivity index (χ1v) is 7.46. The molecule has 2 amide bonds. The monoisotopic (exact) mass is 289 g/mol. The Bertz CT molecular complexity index is 554. The van der Waals surface area contributed by atoms with Crippen molar-refractivity contribution in [2.75, 3.05) is 12.4 Å². The van der Waals surface area contributed by atoms with Crippen LogP contribution in [0, 0.1) is 0 Å². The van der Waals surface area contributed by atoms with Gasteiger partial charge in [-0.15, -0.1) is 0 Å². The molecule has 2 rings (SSSR count). The maximum Gasteiger partial charge on any atom is 0.319 e. The van der Waals surface area contributed by atoms with E-state index in [-0.39, 0.29) is 12.1 Å². The topological polar surface area (TPSA) is 53.2 Å². The fourth-order valence-corrected chi connectivity index (χ4v) is 2.47. The summed E-state index contributed by atoms with van der Waals surface area (Å²) in [6.45, 7) is 2.62. The largest absolute Gasteiger partial charge is 0.334 e. The molecule has 0 saturated carbocycles. The van der Waals surface area contributed by atoms with Crippen molar-refractivity contribution in [2.45, 2.75) is 19.5 Å². The first-order valence-electron chi connectivity index (χ1n) is 6.52. The maximum absolute atomic E-state index is 11.8. The van der Waals surface area contributed by atoms with Crippen LogP contribution in [-0.2, 0) is 6.54 Å². The molecule has 1 atom stereocenters. The molecule has 0 aliphatic carbocycles. The molecule has 0 aliphatic rings. The van der Waals surface area contributed by atoms with Crippen molar-refractivity contribution >= 4 is 23.1 Å². The zero-order chi connectivity index (χ0) is 14.4. The number of benzene rings is 1. The van der Waals surface area contributed by atoms with Crippen molar-refractivity contribution < 1.29 is 4.79 Å². The summed E-state index contributed by atoms with van der Waals surface area (Å²) in [6.07, 6.45) is 0. The fourth-order valence-electron chi connectivity index (χ4n) is 1.80.